The fourth-order valence-electron chi connectivity index (χ4n) is 1.42. The summed E-state index contributed by atoms with van der Waals surface area (Å²) < 4.78 is 5.56. The number of halogens is 1. The number of benzene rings is 2. The average molecular weight is 255 g/mol. The van der Waals surface area contributed by atoms with Crippen LogP contribution in [-0.4, -0.2) is 0 Å². The normalized spacial score (nSPS) is 9.28. The van der Waals surface area contributed by atoms with E-state index in [1.54, 1.807) is 42.5 Å². The first-order valence-corrected chi connectivity index (χ1v) is 5.49. The molecule has 2 aromatic rings. The number of nitrogens with zero attached hydrogens (tertiary/aromatic N) is 2. The minimum absolute atomic E-state index is 0.295. The summed E-state index contributed by atoms with van der Waals surface area (Å²) in [5.74, 6) is 0.947. The van der Waals surface area contributed by atoms with E-state index in [2.05, 4.69) is 0 Å². The minimum Gasteiger partial charge on any atom is -0.456 e. The lowest BCUT2D eigenvalue weighted by atomic mass is 10.2. The standard InChI is InChI=1S/C14H7ClN2O/c15-13-2-1-3-14(12(13)9-17)18-11-6-4-10(8-16)5-7-11/h1-7H. The molecule has 4 heteroatoms. The van der Waals surface area contributed by atoms with Crippen LogP contribution in [-0.2, 0) is 0 Å². The van der Waals surface area contributed by atoms with Crippen molar-refractivity contribution in [2.45, 2.75) is 0 Å². The summed E-state index contributed by atoms with van der Waals surface area (Å²) in [6.45, 7) is 0. The highest BCUT2D eigenvalue weighted by Crippen LogP contribution is 2.29. The van der Waals surface area contributed by atoms with Crippen molar-refractivity contribution in [1.82, 2.24) is 0 Å². The smallest absolute Gasteiger partial charge is 0.146 e. The summed E-state index contributed by atoms with van der Waals surface area (Å²) in [5.41, 5.74) is 0.845. The zero-order valence-corrected chi connectivity index (χ0v) is 9.98. The molecule has 0 atom stereocenters. The summed E-state index contributed by atoms with van der Waals surface area (Å²) in [6.07, 6.45) is 0. The molecular weight excluding hydrogens is 248 g/mol. The zero-order valence-electron chi connectivity index (χ0n) is 9.22. The van der Waals surface area contributed by atoms with Gasteiger partial charge in [-0.1, -0.05) is 17.7 Å². The van der Waals surface area contributed by atoms with Crippen molar-refractivity contribution < 1.29 is 4.74 Å². The van der Waals surface area contributed by atoms with Gasteiger partial charge < -0.3 is 4.74 Å². The van der Waals surface area contributed by atoms with Gasteiger partial charge >= 0.3 is 0 Å². The predicted molar refractivity (Wildman–Crippen MR) is 67.4 cm³/mol. The molecule has 0 aliphatic rings. The number of nitriles is 2. The second-order valence-electron chi connectivity index (χ2n) is 3.46. The average Bonchev–Trinajstić information content (AvgIpc) is 2.40. The molecule has 0 spiro atoms. The van der Waals surface area contributed by atoms with Gasteiger partial charge in [-0.05, 0) is 36.4 Å². The molecule has 0 amide bonds. The van der Waals surface area contributed by atoms with E-state index >= 15 is 0 Å². The van der Waals surface area contributed by atoms with Gasteiger partial charge in [0.25, 0.3) is 0 Å². The number of ether oxygens (including phenoxy) is 1. The maximum Gasteiger partial charge on any atom is 0.146 e. The largest absolute Gasteiger partial charge is 0.456 e. The second-order valence-corrected chi connectivity index (χ2v) is 3.87. The second kappa shape index (κ2) is 5.23. The Labute approximate surface area is 109 Å². The lowest BCUT2D eigenvalue weighted by Crippen LogP contribution is -1.89. The van der Waals surface area contributed by atoms with Crippen LogP contribution >= 0.6 is 11.6 Å². The molecule has 0 aliphatic carbocycles. The van der Waals surface area contributed by atoms with Gasteiger partial charge in [0.05, 0.1) is 16.7 Å². The molecule has 2 rings (SSSR count). The van der Waals surface area contributed by atoms with Crippen molar-refractivity contribution in [3.05, 3.63) is 58.6 Å². The third-order valence-corrected chi connectivity index (χ3v) is 2.61. The molecule has 0 unspecified atom stereocenters. The first kappa shape index (κ1) is 12.0. The molecule has 0 N–H and O–H groups in total. The first-order chi connectivity index (χ1) is 8.74. The Morgan fingerprint density at radius 2 is 1.67 bits per heavy atom. The highest BCUT2D eigenvalue weighted by Gasteiger charge is 2.08. The first-order valence-electron chi connectivity index (χ1n) is 5.11. The molecule has 2 aromatic carbocycles. The van der Waals surface area contributed by atoms with E-state index in [4.69, 9.17) is 26.9 Å². The molecule has 0 heterocycles. The van der Waals surface area contributed by atoms with E-state index in [-0.39, 0.29) is 0 Å². The third kappa shape index (κ3) is 2.43. The number of hydrogen-bond donors (Lipinski definition) is 0. The van der Waals surface area contributed by atoms with Crippen molar-refractivity contribution in [3.8, 4) is 23.6 Å². The van der Waals surface area contributed by atoms with Crippen LogP contribution in [0.1, 0.15) is 11.1 Å². The van der Waals surface area contributed by atoms with Crippen LogP contribution in [0.25, 0.3) is 0 Å². The molecule has 0 saturated carbocycles. The van der Waals surface area contributed by atoms with Gasteiger partial charge in [-0.15, -0.1) is 0 Å². The molecule has 0 aromatic heterocycles. The minimum atomic E-state index is 0.295. The molecule has 0 fully saturated rings. The summed E-state index contributed by atoms with van der Waals surface area (Å²) >= 11 is 5.90. The summed E-state index contributed by atoms with van der Waals surface area (Å²) in [5, 5.41) is 18.0. The van der Waals surface area contributed by atoms with Gasteiger partial charge in [-0.25, -0.2) is 0 Å². The Hall–Kier alpha value is -2.49. The van der Waals surface area contributed by atoms with Gasteiger partial charge in [0.2, 0.25) is 0 Å². The number of rotatable bonds is 2. The number of hydrogen-bond acceptors (Lipinski definition) is 3. The molecule has 0 aliphatic heterocycles. The van der Waals surface area contributed by atoms with Gasteiger partial charge in [-0.3, -0.25) is 0 Å². The van der Waals surface area contributed by atoms with E-state index in [0.29, 0.717) is 27.6 Å². The summed E-state index contributed by atoms with van der Waals surface area (Å²) in [7, 11) is 0. The molecule has 0 radical (unpaired) electrons. The lowest BCUT2D eigenvalue weighted by Gasteiger charge is -2.07. The molecule has 18 heavy (non-hydrogen) atoms. The Kier molecular flexibility index (Phi) is 3.48. The van der Waals surface area contributed by atoms with Crippen LogP contribution in [0.3, 0.4) is 0 Å². The van der Waals surface area contributed by atoms with E-state index < -0.39 is 0 Å². The maximum atomic E-state index is 9.00. The summed E-state index contributed by atoms with van der Waals surface area (Å²) in [6, 6.07) is 15.7. The van der Waals surface area contributed by atoms with Crippen LogP contribution in [0.2, 0.25) is 5.02 Å². The van der Waals surface area contributed by atoms with Crippen molar-refractivity contribution >= 4 is 11.6 Å². The molecule has 86 valence electrons. The fraction of sp³-hybridized carbons (Fsp3) is 0. The van der Waals surface area contributed by atoms with E-state index in [1.165, 1.54) is 0 Å². The van der Waals surface area contributed by atoms with Crippen molar-refractivity contribution in [2.75, 3.05) is 0 Å². The SMILES string of the molecule is N#Cc1ccc(Oc2cccc(Cl)c2C#N)cc1. The fourth-order valence-corrected chi connectivity index (χ4v) is 1.63. The molecular formula is C14H7ClN2O. The van der Waals surface area contributed by atoms with E-state index in [0.717, 1.165) is 0 Å². The molecule has 0 bridgehead atoms. The van der Waals surface area contributed by atoms with Gasteiger partial charge in [0.15, 0.2) is 0 Å². The highest BCUT2D eigenvalue weighted by molar-refractivity contribution is 6.31. The van der Waals surface area contributed by atoms with Gasteiger partial charge in [-0.2, -0.15) is 10.5 Å². The Balaban J connectivity index is 2.32. The van der Waals surface area contributed by atoms with Crippen LogP contribution in [0, 0.1) is 22.7 Å². The van der Waals surface area contributed by atoms with Crippen molar-refractivity contribution in [1.29, 1.82) is 10.5 Å². The quantitative estimate of drug-likeness (QED) is 0.817. The van der Waals surface area contributed by atoms with Crippen molar-refractivity contribution in [3.63, 3.8) is 0 Å². The Morgan fingerprint density at radius 3 is 2.28 bits per heavy atom. The van der Waals surface area contributed by atoms with Gasteiger partial charge in [0.1, 0.15) is 23.1 Å². The monoisotopic (exact) mass is 254 g/mol. The van der Waals surface area contributed by atoms with Crippen LogP contribution in [0.15, 0.2) is 42.5 Å². The Bertz CT molecular complexity index is 651. The third-order valence-electron chi connectivity index (χ3n) is 2.30. The Morgan fingerprint density at radius 1 is 0.944 bits per heavy atom. The molecule has 0 saturated heterocycles. The van der Waals surface area contributed by atoms with Crippen molar-refractivity contribution in [2.24, 2.45) is 0 Å². The van der Waals surface area contributed by atoms with Crippen LogP contribution < -0.4 is 4.74 Å². The predicted octanol–water partition coefficient (Wildman–Crippen LogP) is 3.88. The lowest BCUT2D eigenvalue weighted by molar-refractivity contribution is 0.481. The molecule has 3 nitrogen and oxygen atoms in total. The van der Waals surface area contributed by atoms with Crippen LogP contribution in [0.5, 0.6) is 11.5 Å². The van der Waals surface area contributed by atoms with E-state index in [9.17, 15) is 0 Å². The maximum absolute atomic E-state index is 9.00. The summed E-state index contributed by atoms with van der Waals surface area (Å²) in [4.78, 5) is 0. The van der Waals surface area contributed by atoms with E-state index in [1.807, 2.05) is 12.1 Å². The zero-order chi connectivity index (χ0) is 13.0. The van der Waals surface area contributed by atoms with Crippen LogP contribution in [0.4, 0.5) is 0 Å². The topological polar surface area (TPSA) is 56.8 Å². The van der Waals surface area contributed by atoms with Gasteiger partial charge in [0, 0.05) is 0 Å². The highest BCUT2D eigenvalue weighted by atomic mass is 35.5.